The molecule has 4 rings (SSSR count). The predicted octanol–water partition coefficient (Wildman–Crippen LogP) is 3.94. The average Bonchev–Trinajstić information content (AvgIpc) is 2.82. The Morgan fingerprint density at radius 2 is 1.60 bits per heavy atom. The molecule has 2 amide bonds. The van der Waals surface area contributed by atoms with Gasteiger partial charge in [0.2, 0.25) is 0 Å². The zero-order valence-corrected chi connectivity index (χ0v) is 17.1. The maximum absolute atomic E-state index is 13.1. The third-order valence-corrected chi connectivity index (χ3v) is 5.49. The lowest BCUT2D eigenvalue weighted by Crippen LogP contribution is -2.37. The molecule has 3 aromatic rings. The van der Waals surface area contributed by atoms with Gasteiger partial charge in [0.05, 0.1) is 0 Å². The van der Waals surface area contributed by atoms with E-state index in [2.05, 4.69) is 17.1 Å². The van der Waals surface area contributed by atoms with E-state index in [4.69, 9.17) is 0 Å². The molecule has 0 atom stereocenters. The summed E-state index contributed by atoms with van der Waals surface area (Å²) >= 11 is 0. The fourth-order valence-electron chi connectivity index (χ4n) is 3.80. The van der Waals surface area contributed by atoms with Crippen molar-refractivity contribution in [3.05, 3.63) is 101 Å². The molecule has 1 aliphatic heterocycles. The highest BCUT2D eigenvalue weighted by Gasteiger charge is 2.24. The summed E-state index contributed by atoms with van der Waals surface area (Å²) in [6, 6.07) is 23.2. The number of nitrogens with zero attached hydrogens (tertiary/aromatic N) is 3. The Morgan fingerprint density at radius 3 is 2.37 bits per heavy atom. The van der Waals surface area contributed by atoms with E-state index in [0.717, 1.165) is 12.0 Å². The number of hydrogen-bond acceptors (Lipinski definition) is 3. The summed E-state index contributed by atoms with van der Waals surface area (Å²) in [5, 5.41) is 0. The van der Waals surface area contributed by atoms with Crippen LogP contribution < -0.4 is 0 Å². The Bertz CT molecular complexity index is 1020. The molecular formula is C25H25N3O2. The number of pyridine rings is 1. The summed E-state index contributed by atoms with van der Waals surface area (Å²) in [7, 11) is 0. The molecule has 2 heterocycles. The van der Waals surface area contributed by atoms with Crippen molar-refractivity contribution in [3.63, 3.8) is 0 Å². The van der Waals surface area contributed by atoms with Crippen molar-refractivity contribution < 1.29 is 9.59 Å². The van der Waals surface area contributed by atoms with Crippen LogP contribution in [0, 0.1) is 0 Å². The molecule has 0 N–H and O–H groups in total. The van der Waals surface area contributed by atoms with Crippen molar-refractivity contribution in [1.29, 1.82) is 0 Å². The molecule has 1 aromatic heterocycles. The van der Waals surface area contributed by atoms with Gasteiger partial charge in [-0.2, -0.15) is 0 Å². The van der Waals surface area contributed by atoms with Crippen LogP contribution in [0.25, 0.3) is 0 Å². The Balaban J connectivity index is 1.50. The van der Waals surface area contributed by atoms with E-state index < -0.39 is 0 Å². The third-order valence-electron chi connectivity index (χ3n) is 5.49. The summed E-state index contributed by atoms with van der Waals surface area (Å²) < 4.78 is 0. The zero-order valence-electron chi connectivity index (χ0n) is 17.1. The second-order valence-electron chi connectivity index (χ2n) is 7.46. The number of carbonyl (C=O) groups is 2. The predicted molar refractivity (Wildman–Crippen MR) is 116 cm³/mol. The Kier molecular flexibility index (Phi) is 5.89. The molecule has 0 aliphatic carbocycles. The van der Waals surface area contributed by atoms with E-state index in [0.29, 0.717) is 37.6 Å². The molecule has 0 radical (unpaired) electrons. The highest BCUT2D eigenvalue weighted by atomic mass is 16.2. The van der Waals surface area contributed by atoms with E-state index in [-0.39, 0.29) is 11.8 Å². The number of aromatic nitrogens is 1. The molecule has 0 saturated heterocycles. The number of carbonyl (C=O) groups excluding carboxylic acids is 2. The Morgan fingerprint density at radius 1 is 0.900 bits per heavy atom. The van der Waals surface area contributed by atoms with Gasteiger partial charge in [0.15, 0.2) is 0 Å². The molecule has 0 unspecified atom stereocenters. The van der Waals surface area contributed by atoms with Crippen molar-refractivity contribution >= 4 is 11.8 Å². The topological polar surface area (TPSA) is 53.5 Å². The van der Waals surface area contributed by atoms with Gasteiger partial charge in [0, 0.05) is 26.2 Å². The second-order valence-corrected chi connectivity index (χ2v) is 7.46. The van der Waals surface area contributed by atoms with Gasteiger partial charge in [-0.1, -0.05) is 60.7 Å². The Labute approximate surface area is 177 Å². The van der Waals surface area contributed by atoms with Crippen molar-refractivity contribution in [1.82, 2.24) is 14.8 Å². The van der Waals surface area contributed by atoms with Crippen LogP contribution in [0.15, 0.2) is 72.8 Å². The van der Waals surface area contributed by atoms with E-state index in [9.17, 15) is 9.59 Å². The maximum atomic E-state index is 13.1. The summed E-state index contributed by atoms with van der Waals surface area (Å²) in [5.41, 5.74) is 4.14. The van der Waals surface area contributed by atoms with Crippen LogP contribution in [0.2, 0.25) is 0 Å². The lowest BCUT2D eigenvalue weighted by Gasteiger charge is -2.28. The molecule has 1 aliphatic rings. The van der Waals surface area contributed by atoms with Gasteiger partial charge in [-0.15, -0.1) is 0 Å². The van der Waals surface area contributed by atoms with Crippen molar-refractivity contribution in [3.8, 4) is 0 Å². The van der Waals surface area contributed by atoms with Crippen LogP contribution >= 0.6 is 0 Å². The minimum atomic E-state index is -0.167. The fourth-order valence-corrected chi connectivity index (χ4v) is 3.80. The van der Waals surface area contributed by atoms with Gasteiger partial charge >= 0.3 is 0 Å². The first kappa shape index (κ1) is 19.8. The highest BCUT2D eigenvalue weighted by Crippen LogP contribution is 2.20. The number of benzene rings is 2. The molecule has 30 heavy (non-hydrogen) atoms. The van der Waals surface area contributed by atoms with E-state index in [1.807, 2.05) is 49.4 Å². The molecular weight excluding hydrogens is 374 g/mol. The lowest BCUT2D eigenvalue weighted by molar-refractivity contribution is 0.0726. The molecule has 0 bridgehead atoms. The second kappa shape index (κ2) is 8.91. The third kappa shape index (κ3) is 4.25. The SMILES string of the molecule is CCN(Cc1ccccc1)C(=O)c1cccc(C(=O)N2CCc3ccccc3C2)n1. The molecule has 5 nitrogen and oxygen atoms in total. The van der Waals surface area contributed by atoms with E-state index >= 15 is 0 Å². The van der Waals surface area contributed by atoms with Crippen LogP contribution in [-0.4, -0.2) is 39.7 Å². The van der Waals surface area contributed by atoms with Crippen LogP contribution in [-0.2, 0) is 19.5 Å². The standard InChI is InChI=1S/C25H25N3O2/c1-2-27(17-19-9-4-3-5-10-19)24(29)22-13-8-14-23(26-22)25(30)28-16-15-20-11-6-7-12-21(20)18-28/h3-14H,2,15-18H2,1H3. The fraction of sp³-hybridized carbons (Fsp3) is 0.240. The maximum Gasteiger partial charge on any atom is 0.272 e. The van der Waals surface area contributed by atoms with Crippen LogP contribution in [0.4, 0.5) is 0 Å². The number of hydrogen-bond donors (Lipinski definition) is 0. The molecule has 5 heteroatoms. The minimum absolute atomic E-state index is 0.134. The summed E-state index contributed by atoms with van der Waals surface area (Å²) in [5.74, 6) is -0.301. The van der Waals surface area contributed by atoms with Gasteiger partial charge in [-0.25, -0.2) is 4.98 Å². The number of fused-ring (bicyclic) bond motifs is 1. The molecule has 0 saturated carbocycles. The van der Waals surface area contributed by atoms with Gasteiger partial charge in [-0.05, 0) is 42.2 Å². The molecule has 2 aromatic carbocycles. The number of rotatable bonds is 5. The quantitative estimate of drug-likeness (QED) is 0.653. The number of amides is 2. The van der Waals surface area contributed by atoms with Crippen LogP contribution in [0.5, 0.6) is 0 Å². The minimum Gasteiger partial charge on any atom is -0.333 e. The van der Waals surface area contributed by atoms with Gasteiger partial charge < -0.3 is 9.80 Å². The molecule has 152 valence electrons. The first-order chi connectivity index (χ1) is 14.7. The summed E-state index contributed by atoms with van der Waals surface area (Å²) in [4.78, 5) is 34.1. The van der Waals surface area contributed by atoms with E-state index in [1.165, 1.54) is 11.1 Å². The Hall–Kier alpha value is -3.47. The van der Waals surface area contributed by atoms with Crippen LogP contribution in [0.3, 0.4) is 0 Å². The monoisotopic (exact) mass is 399 g/mol. The van der Waals surface area contributed by atoms with Crippen molar-refractivity contribution in [2.45, 2.75) is 26.4 Å². The van der Waals surface area contributed by atoms with Gasteiger partial charge in [0.1, 0.15) is 11.4 Å². The largest absolute Gasteiger partial charge is 0.333 e. The lowest BCUT2D eigenvalue weighted by atomic mass is 10.00. The van der Waals surface area contributed by atoms with Gasteiger partial charge in [-0.3, -0.25) is 9.59 Å². The average molecular weight is 399 g/mol. The molecule has 0 fully saturated rings. The van der Waals surface area contributed by atoms with Crippen LogP contribution in [0.1, 0.15) is 44.6 Å². The van der Waals surface area contributed by atoms with Crippen molar-refractivity contribution in [2.24, 2.45) is 0 Å². The summed E-state index contributed by atoms with van der Waals surface area (Å²) in [6.07, 6.45) is 0.835. The zero-order chi connectivity index (χ0) is 20.9. The van der Waals surface area contributed by atoms with E-state index in [1.54, 1.807) is 28.0 Å². The molecule has 0 spiro atoms. The summed E-state index contributed by atoms with van der Waals surface area (Å²) in [6.45, 7) is 4.26. The van der Waals surface area contributed by atoms with Crippen molar-refractivity contribution in [2.75, 3.05) is 13.1 Å². The van der Waals surface area contributed by atoms with Gasteiger partial charge in [0.25, 0.3) is 11.8 Å². The first-order valence-corrected chi connectivity index (χ1v) is 10.3. The first-order valence-electron chi connectivity index (χ1n) is 10.3. The smallest absolute Gasteiger partial charge is 0.272 e. The highest BCUT2D eigenvalue weighted by molar-refractivity contribution is 5.96. The normalized spacial score (nSPS) is 12.9.